The van der Waals surface area contributed by atoms with Crippen molar-refractivity contribution in [1.29, 1.82) is 0 Å². The molecular formula is C16H18N2. The average molecular weight is 238 g/mol. The van der Waals surface area contributed by atoms with Crippen LogP contribution in [0.3, 0.4) is 0 Å². The number of nitrogens with zero attached hydrogens (tertiary/aromatic N) is 1. The van der Waals surface area contributed by atoms with Crippen LogP contribution >= 0.6 is 0 Å². The Kier molecular flexibility index (Phi) is 3.37. The minimum absolute atomic E-state index is 0.597. The molecule has 0 unspecified atom stereocenters. The Morgan fingerprint density at radius 1 is 1.11 bits per heavy atom. The molecule has 1 heterocycles. The van der Waals surface area contributed by atoms with Crippen LogP contribution in [-0.2, 0) is 19.4 Å². The van der Waals surface area contributed by atoms with Gasteiger partial charge in [-0.15, -0.1) is 0 Å². The van der Waals surface area contributed by atoms with E-state index in [2.05, 4.69) is 40.6 Å². The van der Waals surface area contributed by atoms with Crippen molar-refractivity contribution in [2.24, 2.45) is 0 Å². The lowest BCUT2D eigenvalue weighted by molar-refractivity contribution is 0.457. The Bertz CT molecular complexity index is 508. The molecule has 0 aliphatic heterocycles. The molecule has 0 saturated carbocycles. The third-order valence-electron chi connectivity index (χ3n) is 3.66. The Morgan fingerprint density at radius 2 is 2.00 bits per heavy atom. The van der Waals surface area contributed by atoms with Gasteiger partial charge in [0.1, 0.15) is 0 Å². The zero-order valence-corrected chi connectivity index (χ0v) is 10.5. The minimum atomic E-state index is 0.597. The summed E-state index contributed by atoms with van der Waals surface area (Å²) in [4.78, 5) is 4.14. The van der Waals surface area contributed by atoms with Crippen LogP contribution in [0.5, 0.6) is 0 Å². The van der Waals surface area contributed by atoms with Crippen LogP contribution in [0.15, 0.2) is 48.8 Å². The van der Waals surface area contributed by atoms with Gasteiger partial charge in [0.05, 0.1) is 0 Å². The molecule has 2 heteroatoms. The first kappa shape index (κ1) is 11.4. The van der Waals surface area contributed by atoms with Gasteiger partial charge in [0, 0.05) is 25.0 Å². The SMILES string of the molecule is c1cncc(CN[C@@H]2CCc3ccccc3C2)c1. The van der Waals surface area contributed by atoms with Gasteiger partial charge in [-0.2, -0.15) is 0 Å². The highest BCUT2D eigenvalue weighted by atomic mass is 14.9. The number of rotatable bonds is 3. The van der Waals surface area contributed by atoms with E-state index < -0.39 is 0 Å². The quantitative estimate of drug-likeness (QED) is 0.889. The molecule has 2 nitrogen and oxygen atoms in total. The maximum absolute atomic E-state index is 4.14. The van der Waals surface area contributed by atoms with Gasteiger partial charge >= 0.3 is 0 Å². The molecule has 1 N–H and O–H groups in total. The summed E-state index contributed by atoms with van der Waals surface area (Å²) in [5, 5.41) is 3.64. The first-order valence-corrected chi connectivity index (χ1v) is 6.61. The summed E-state index contributed by atoms with van der Waals surface area (Å²) in [6.07, 6.45) is 7.33. The summed E-state index contributed by atoms with van der Waals surface area (Å²) in [6, 6.07) is 13.5. The fourth-order valence-electron chi connectivity index (χ4n) is 2.64. The third kappa shape index (κ3) is 2.59. The second-order valence-electron chi connectivity index (χ2n) is 4.95. The summed E-state index contributed by atoms with van der Waals surface area (Å²) < 4.78 is 0. The summed E-state index contributed by atoms with van der Waals surface area (Å²) in [5.41, 5.74) is 4.29. The average Bonchev–Trinajstić information content (AvgIpc) is 2.46. The largest absolute Gasteiger partial charge is 0.310 e. The number of pyridine rings is 1. The van der Waals surface area contributed by atoms with Crippen LogP contribution < -0.4 is 5.32 Å². The Balaban J connectivity index is 1.60. The Labute approximate surface area is 108 Å². The molecule has 1 atom stereocenters. The van der Waals surface area contributed by atoms with Gasteiger partial charge in [-0.3, -0.25) is 4.98 Å². The van der Waals surface area contributed by atoms with Gasteiger partial charge < -0.3 is 5.32 Å². The van der Waals surface area contributed by atoms with Crippen molar-refractivity contribution in [3.05, 3.63) is 65.5 Å². The normalized spacial score (nSPS) is 18.3. The summed E-state index contributed by atoms with van der Waals surface area (Å²) in [6.45, 7) is 0.917. The van der Waals surface area contributed by atoms with E-state index in [1.54, 1.807) is 0 Å². The van der Waals surface area contributed by atoms with Gasteiger partial charge in [0.25, 0.3) is 0 Å². The van der Waals surface area contributed by atoms with Crippen LogP contribution in [0.4, 0.5) is 0 Å². The zero-order chi connectivity index (χ0) is 12.2. The molecule has 1 aromatic heterocycles. The number of fused-ring (bicyclic) bond motifs is 1. The van der Waals surface area contributed by atoms with Crippen molar-refractivity contribution < 1.29 is 0 Å². The second-order valence-corrected chi connectivity index (χ2v) is 4.95. The van der Waals surface area contributed by atoms with Crippen molar-refractivity contribution >= 4 is 0 Å². The summed E-state index contributed by atoms with van der Waals surface area (Å²) in [7, 11) is 0. The highest BCUT2D eigenvalue weighted by Crippen LogP contribution is 2.21. The first-order valence-electron chi connectivity index (χ1n) is 6.61. The lowest BCUT2D eigenvalue weighted by Gasteiger charge is -2.25. The lowest BCUT2D eigenvalue weighted by Crippen LogP contribution is -2.34. The topological polar surface area (TPSA) is 24.9 Å². The van der Waals surface area contributed by atoms with Crippen molar-refractivity contribution in [3.63, 3.8) is 0 Å². The highest BCUT2D eigenvalue weighted by Gasteiger charge is 2.17. The molecule has 0 radical (unpaired) electrons. The molecule has 18 heavy (non-hydrogen) atoms. The maximum Gasteiger partial charge on any atom is 0.0312 e. The van der Waals surface area contributed by atoms with E-state index in [-0.39, 0.29) is 0 Å². The number of nitrogens with one attached hydrogen (secondary N) is 1. The van der Waals surface area contributed by atoms with Crippen molar-refractivity contribution in [3.8, 4) is 0 Å². The second kappa shape index (κ2) is 5.32. The minimum Gasteiger partial charge on any atom is -0.310 e. The molecule has 0 spiro atoms. The van der Waals surface area contributed by atoms with Crippen molar-refractivity contribution in [1.82, 2.24) is 10.3 Å². The molecule has 0 amide bonds. The molecule has 0 saturated heterocycles. The summed E-state index contributed by atoms with van der Waals surface area (Å²) in [5.74, 6) is 0. The standard InChI is InChI=1S/C16H18N2/c1-2-6-15-10-16(8-7-14(15)5-1)18-12-13-4-3-9-17-11-13/h1-6,9,11,16,18H,7-8,10,12H2/t16-/m1/s1. The fourth-order valence-corrected chi connectivity index (χ4v) is 2.64. The van der Waals surface area contributed by atoms with Crippen LogP contribution in [0.1, 0.15) is 23.1 Å². The van der Waals surface area contributed by atoms with Crippen molar-refractivity contribution in [2.75, 3.05) is 0 Å². The van der Waals surface area contributed by atoms with Gasteiger partial charge in [0.15, 0.2) is 0 Å². The third-order valence-corrected chi connectivity index (χ3v) is 3.66. The van der Waals surface area contributed by atoms with Gasteiger partial charge in [0.2, 0.25) is 0 Å². The van der Waals surface area contributed by atoms with E-state index in [0.717, 1.165) is 13.0 Å². The molecule has 92 valence electrons. The van der Waals surface area contributed by atoms with E-state index in [4.69, 9.17) is 0 Å². The molecular weight excluding hydrogens is 220 g/mol. The molecule has 2 aromatic rings. The molecule has 1 aliphatic carbocycles. The predicted molar refractivity (Wildman–Crippen MR) is 73.3 cm³/mol. The molecule has 3 rings (SSSR count). The van der Waals surface area contributed by atoms with E-state index >= 15 is 0 Å². The van der Waals surface area contributed by atoms with Crippen molar-refractivity contribution in [2.45, 2.75) is 31.8 Å². The Morgan fingerprint density at radius 3 is 2.83 bits per heavy atom. The molecule has 1 aliphatic rings. The Hall–Kier alpha value is -1.67. The van der Waals surface area contributed by atoms with Crippen LogP contribution in [0, 0.1) is 0 Å². The molecule has 0 fully saturated rings. The van der Waals surface area contributed by atoms with Crippen LogP contribution in [0.2, 0.25) is 0 Å². The molecule has 1 aromatic carbocycles. The van der Waals surface area contributed by atoms with Gasteiger partial charge in [-0.1, -0.05) is 30.3 Å². The monoisotopic (exact) mass is 238 g/mol. The predicted octanol–water partition coefficient (Wildman–Crippen LogP) is 2.73. The number of hydrogen-bond donors (Lipinski definition) is 1. The first-order chi connectivity index (χ1) is 8.92. The van der Waals surface area contributed by atoms with Crippen LogP contribution in [-0.4, -0.2) is 11.0 Å². The maximum atomic E-state index is 4.14. The number of hydrogen-bond acceptors (Lipinski definition) is 2. The lowest BCUT2D eigenvalue weighted by atomic mass is 9.88. The van der Waals surface area contributed by atoms with E-state index in [0.29, 0.717) is 6.04 Å². The van der Waals surface area contributed by atoms with Gasteiger partial charge in [-0.05, 0) is 42.0 Å². The van der Waals surface area contributed by atoms with E-state index in [1.165, 1.54) is 29.5 Å². The van der Waals surface area contributed by atoms with Gasteiger partial charge in [-0.25, -0.2) is 0 Å². The number of aromatic nitrogens is 1. The fraction of sp³-hybridized carbons (Fsp3) is 0.312. The van der Waals surface area contributed by atoms with Crippen LogP contribution in [0.25, 0.3) is 0 Å². The number of benzene rings is 1. The zero-order valence-electron chi connectivity index (χ0n) is 10.5. The molecule has 0 bridgehead atoms. The van der Waals surface area contributed by atoms with E-state index in [9.17, 15) is 0 Å². The smallest absolute Gasteiger partial charge is 0.0312 e. The summed E-state index contributed by atoms with van der Waals surface area (Å²) >= 11 is 0. The highest BCUT2D eigenvalue weighted by molar-refractivity contribution is 5.30. The van der Waals surface area contributed by atoms with E-state index in [1.807, 2.05) is 18.5 Å². The number of aryl methyl sites for hydroxylation is 1.